The molecule has 0 radical (unpaired) electrons. The first-order chi connectivity index (χ1) is 12.3. The lowest BCUT2D eigenvalue weighted by atomic mass is 10.1. The number of benzene rings is 2. The Bertz CT molecular complexity index is 907. The van der Waals surface area contributed by atoms with Gasteiger partial charge < -0.3 is 4.57 Å². The third kappa shape index (κ3) is 2.84. The highest BCUT2D eigenvalue weighted by Gasteiger charge is 2.34. The predicted molar refractivity (Wildman–Crippen MR) is 97.6 cm³/mol. The second-order valence-electron chi connectivity index (χ2n) is 6.44. The molecule has 2 amide bonds. The molecule has 1 aromatic heterocycles. The van der Waals surface area contributed by atoms with Crippen LogP contribution in [0.4, 0.5) is 0 Å². The van der Waals surface area contributed by atoms with E-state index in [4.69, 9.17) is 0 Å². The lowest BCUT2D eigenvalue weighted by Gasteiger charge is -2.13. The van der Waals surface area contributed by atoms with E-state index in [2.05, 4.69) is 41.1 Å². The molecule has 4 heteroatoms. The second kappa shape index (κ2) is 6.55. The summed E-state index contributed by atoms with van der Waals surface area (Å²) < 4.78 is 2.26. The largest absolute Gasteiger partial charge is 0.347 e. The highest BCUT2D eigenvalue weighted by Crippen LogP contribution is 2.23. The monoisotopic (exact) mass is 332 g/mol. The first-order valence-electron chi connectivity index (χ1n) is 8.75. The molecule has 2 heterocycles. The molecule has 0 saturated carbocycles. The standard InChI is InChI=1S/C21H20N2O2/c24-20-17-9-3-4-10-18(17)21(25)23(20)14-7-1-6-13-22-15-12-16-8-2-5-11-19(16)22/h2-5,8-12,15H,1,6-7,13-14H2. The third-order valence-electron chi connectivity index (χ3n) is 4.84. The van der Waals surface area contributed by atoms with Crippen LogP contribution in [0.2, 0.25) is 0 Å². The van der Waals surface area contributed by atoms with Crippen molar-refractivity contribution in [2.24, 2.45) is 0 Å². The summed E-state index contributed by atoms with van der Waals surface area (Å²) in [4.78, 5) is 26.0. The number of carbonyl (C=O) groups excluding carboxylic acids is 2. The molecule has 25 heavy (non-hydrogen) atoms. The van der Waals surface area contributed by atoms with E-state index in [-0.39, 0.29) is 11.8 Å². The Morgan fingerprint density at radius 2 is 1.32 bits per heavy atom. The molecule has 0 unspecified atom stereocenters. The minimum atomic E-state index is -0.156. The van der Waals surface area contributed by atoms with E-state index in [1.165, 1.54) is 15.8 Å². The lowest BCUT2D eigenvalue weighted by molar-refractivity contribution is 0.0651. The van der Waals surface area contributed by atoms with E-state index in [9.17, 15) is 9.59 Å². The van der Waals surface area contributed by atoms with Gasteiger partial charge in [-0.1, -0.05) is 30.3 Å². The number of unbranched alkanes of at least 4 members (excludes halogenated alkanes) is 2. The fourth-order valence-electron chi connectivity index (χ4n) is 3.51. The van der Waals surface area contributed by atoms with Crippen molar-refractivity contribution in [3.05, 3.63) is 71.9 Å². The van der Waals surface area contributed by atoms with Crippen molar-refractivity contribution < 1.29 is 9.59 Å². The quantitative estimate of drug-likeness (QED) is 0.503. The summed E-state index contributed by atoms with van der Waals surface area (Å²) in [7, 11) is 0. The summed E-state index contributed by atoms with van der Waals surface area (Å²) in [5, 5.41) is 1.26. The average molecular weight is 332 g/mol. The molecule has 2 aromatic carbocycles. The Labute approximate surface area is 146 Å². The second-order valence-corrected chi connectivity index (χ2v) is 6.44. The van der Waals surface area contributed by atoms with Gasteiger partial charge in [0.25, 0.3) is 11.8 Å². The van der Waals surface area contributed by atoms with Crippen molar-refractivity contribution in [2.75, 3.05) is 6.54 Å². The molecule has 0 fully saturated rings. The van der Waals surface area contributed by atoms with Gasteiger partial charge in [-0.2, -0.15) is 0 Å². The van der Waals surface area contributed by atoms with Gasteiger partial charge in [-0.05, 0) is 48.9 Å². The number of nitrogens with zero attached hydrogens (tertiary/aromatic N) is 2. The van der Waals surface area contributed by atoms with Gasteiger partial charge in [-0.25, -0.2) is 0 Å². The van der Waals surface area contributed by atoms with Crippen molar-refractivity contribution in [1.82, 2.24) is 9.47 Å². The maximum atomic E-state index is 12.3. The molecule has 4 nitrogen and oxygen atoms in total. The summed E-state index contributed by atoms with van der Waals surface area (Å²) in [5.41, 5.74) is 2.32. The summed E-state index contributed by atoms with van der Waals surface area (Å²) in [6.45, 7) is 1.45. The summed E-state index contributed by atoms with van der Waals surface area (Å²) in [5.74, 6) is -0.311. The Morgan fingerprint density at radius 1 is 0.680 bits per heavy atom. The SMILES string of the molecule is O=C1c2ccccc2C(=O)N1CCCCCn1ccc2ccccc21. The van der Waals surface area contributed by atoms with E-state index in [0.29, 0.717) is 17.7 Å². The van der Waals surface area contributed by atoms with Crippen molar-refractivity contribution in [2.45, 2.75) is 25.8 Å². The molecule has 0 bridgehead atoms. The van der Waals surface area contributed by atoms with Gasteiger partial charge in [0.1, 0.15) is 0 Å². The fraction of sp³-hybridized carbons (Fsp3) is 0.238. The van der Waals surface area contributed by atoms with E-state index in [1.54, 1.807) is 24.3 Å². The van der Waals surface area contributed by atoms with Crippen LogP contribution in [0.3, 0.4) is 0 Å². The number of rotatable bonds is 6. The van der Waals surface area contributed by atoms with E-state index in [0.717, 1.165) is 25.8 Å². The highest BCUT2D eigenvalue weighted by molar-refractivity contribution is 6.21. The molecule has 1 aliphatic heterocycles. The number of imide groups is 1. The zero-order valence-corrected chi connectivity index (χ0v) is 14.0. The van der Waals surface area contributed by atoms with Gasteiger partial charge in [0.15, 0.2) is 0 Å². The maximum Gasteiger partial charge on any atom is 0.261 e. The molecule has 126 valence electrons. The van der Waals surface area contributed by atoms with Gasteiger partial charge in [0.05, 0.1) is 11.1 Å². The Balaban J connectivity index is 1.29. The number of fused-ring (bicyclic) bond motifs is 2. The fourth-order valence-corrected chi connectivity index (χ4v) is 3.51. The van der Waals surface area contributed by atoms with Crippen LogP contribution in [-0.2, 0) is 6.54 Å². The van der Waals surface area contributed by atoms with Crippen LogP contribution in [0.15, 0.2) is 60.8 Å². The molecular formula is C21H20N2O2. The van der Waals surface area contributed by atoms with Crippen LogP contribution in [0, 0.1) is 0 Å². The van der Waals surface area contributed by atoms with Gasteiger partial charge >= 0.3 is 0 Å². The zero-order chi connectivity index (χ0) is 17.2. The van der Waals surface area contributed by atoms with Crippen LogP contribution in [-0.4, -0.2) is 27.8 Å². The Kier molecular flexibility index (Phi) is 4.10. The van der Waals surface area contributed by atoms with Crippen LogP contribution in [0.25, 0.3) is 10.9 Å². The van der Waals surface area contributed by atoms with Gasteiger partial charge in [-0.3, -0.25) is 14.5 Å². The number of para-hydroxylation sites is 1. The number of carbonyl (C=O) groups is 2. The van der Waals surface area contributed by atoms with Crippen molar-refractivity contribution in [3.63, 3.8) is 0 Å². The molecule has 0 aliphatic carbocycles. The van der Waals surface area contributed by atoms with E-state index < -0.39 is 0 Å². The number of hydrogen-bond donors (Lipinski definition) is 0. The topological polar surface area (TPSA) is 42.3 Å². The smallest absolute Gasteiger partial charge is 0.261 e. The predicted octanol–water partition coefficient (Wildman–Crippen LogP) is 4.11. The van der Waals surface area contributed by atoms with Gasteiger partial charge in [0, 0.05) is 24.8 Å². The maximum absolute atomic E-state index is 12.3. The lowest BCUT2D eigenvalue weighted by Crippen LogP contribution is -2.30. The number of aromatic nitrogens is 1. The molecule has 4 rings (SSSR count). The third-order valence-corrected chi connectivity index (χ3v) is 4.84. The molecular weight excluding hydrogens is 312 g/mol. The summed E-state index contributed by atoms with van der Waals surface area (Å²) in [6.07, 6.45) is 4.97. The first-order valence-corrected chi connectivity index (χ1v) is 8.75. The van der Waals surface area contributed by atoms with Crippen molar-refractivity contribution >= 4 is 22.7 Å². The number of aryl methyl sites for hydroxylation is 1. The van der Waals surface area contributed by atoms with E-state index in [1.807, 2.05) is 0 Å². The Morgan fingerprint density at radius 3 is 2.08 bits per heavy atom. The molecule has 1 aliphatic rings. The van der Waals surface area contributed by atoms with Crippen molar-refractivity contribution in [3.8, 4) is 0 Å². The summed E-state index contributed by atoms with van der Waals surface area (Å²) >= 11 is 0. The molecule has 0 N–H and O–H groups in total. The molecule has 0 spiro atoms. The minimum absolute atomic E-state index is 0.156. The van der Waals surface area contributed by atoms with Crippen LogP contribution < -0.4 is 0 Å². The van der Waals surface area contributed by atoms with Crippen LogP contribution in [0.1, 0.15) is 40.0 Å². The normalized spacial score (nSPS) is 13.7. The zero-order valence-electron chi connectivity index (χ0n) is 14.0. The van der Waals surface area contributed by atoms with Gasteiger partial charge in [0.2, 0.25) is 0 Å². The Hall–Kier alpha value is -2.88. The van der Waals surface area contributed by atoms with Gasteiger partial charge in [-0.15, -0.1) is 0 Å². The van der Waals surface area contributed by atoms with Crippen LogP contribution in [0.5, 0.6) is 0 Å². The average Bonchev–Trinajstić information content (AvgIpc) is 3.16. The summed E-state index contributed by atoms with van der Waals surface area (Å²) in [6, 6.07) is 17.6. The highest BCUT2D eigenvalue weighted by atomic mass is 16.2. The van der Waals surface area contributed by atoms with Crippen LogP contribution >= 0.6 is 0 Å². The van der Waals surface area contributed by atoms with E-state index >= 15 is 0 Å². The molecule has 0 saturated heterocycles. The minimum Gasteiger partial charge on any atom is -0.347 e. The molecule has 3 aromatic rings. The van der Waals surface area contributed by atoms with Crippen molar-refractivity contribution in [1.29, 1.82) is 0 Å². The molecule has 0 atom stereocenters. The first kappa shape index (κ1) is 15.6. The number of hydrogen-bond acceptors (Lipinski definition) is 2. The number of amides is 2.